The number of carbonyl (C=O) groups excluding carboxylic acids is 2. The lowest BCUT2D eigenvalue weighted by molar-refractivity contribution is 0.0677. The van der Waals surface area contributed by atoms with E-state index in [9.17, 15) is 9.59 Å². The normalized spacial score (nSPS) is 16.9. The minimum atomic E-state index is -0.119. The fraction of sp³-hybridized carbons (Fsp3) is 0.409. The first kappa shape index (κ1) is 19.1. The van der Waals surface area contributed by atoms with Crippen molar-refractivity contribution in [2.45, 2.75) is 33.6 Å². The molecule has 1 aliphatic heterocycles. The van der Waals surface area contributed by atoms with Gasteiger partial charge in [-0.2, -0.15) is 0 Å². The SMILES string of the molecule is CCN(C(=O)c1ccnc(C(=O)N2CCCC(C)C2)c1)c1cccc(C)c1. The molecule has 5 heteroatoms. The molecular weight excluding hydrogens is 338 g/mol. The smallest absolute Gasteiger partial charge is 0.272 e. The molecule has 5 nitrogen and oxygen atoms in total. The zero-order valence-electron chi connectivity index (χ0n) is 16.3. The Labute approximate surface area is 161 Å². The quantitative estimate of drug-likeness (QED) is 0.825. The summed E-state index contributed by atoms with van der Waals surface area (Å²) >= 11 is 0. The molecule has 142 valence electrons. The van der Waals surface area contributed by atoms with Crippen molar-refractivity contribution in [3.05, 3.63) is 59.4 Å². The molecule has 1 aromatic carbocycles. The third-order valence-corrected chi connectivity index (χ3v) is 5.04. The highest BCUT2D eigenvalue weighted by molar-refractivity contribution is 6.07. The molecule has 1 saturated heterocycles. The van der Waals surface area contributed by atoms with Crippen molar-refractivity contribution in [3.8, 4) is 0 Å². The van der Waals surface area contributed by atoms with Gasteiger partial charge in [0.05, 0.1) is 0 Å². The summed E-state index contributed by atoms with van der Waals surface area (Å²) in [4.78, 5) is 33.7. The molecule has 1 atom stereocenters. The average Bonchev–Trinajstić information content (AvgIpc) is 2.68. The molecule has 2 aromatic rings. The first-order chi connectivity index (χ1) is 13.0. The number of hydrogen-bond donors (Lipinski definition) is 0. The van der Waals surface area contributed by atoms with Gasteiger partial charge in [-0.15, -0.1) is 0 Å². The lowest BCUT2D eigenvalue weighted by Gasteiger charge is -2.30. The summed E-state index contributed by atoms with van der Waals surface area (Å²) < 4.78 is 0. The Morgan fingerprint density at radius 1 is 1.26 bits per heavy atom. The number of likely N-dealkylation sites (tertiary alicyclic amines) is 1. The molecule has 0 bridgehead atoms. The second kappa shape index (κ2) is 8.33. The molecule has 0 N–H and O–H groups in total. The Bertz CT molecular complexity index is 834. The Balaban J connectivity index is 1.83. The number of benzene rings is 1. The van der Waals surface area contributed by atoms with Crippen LogP contribution in [0.1, 0.15) is 53.1 Å². The number of rotatable bonds is 4. The van der Waals surface area contributed by atoms with E-state index in [0.717, 1.165) is 37.2 Å². The predicted molar refractivity (Wildman–Crippen MR) is 107 cm³/mol. The van der Waals surface area contributed by atoms with Gasteiger partial charge in [0, 0.05) is 37.1 Å². The zero-order chi connectivity index (χ0) is 19.4. The molecule has 27 heavy (non-hydrogen) atoms. The number of nitrogens with zero attached hydrogens (tertiary/aromatic N) is 3. The maximum Gasteiger partial charge on any atom is 0.272 e. The van der Waals surface area contributed by atoms with Gasteiger partial charge < -0.3 is 9.80 Å². The van der Waals surface area contributed by atoms with Gasteiger partial charge in [-0.3, -0.25) is 14.6 Å². The number of amides is 2. The first-order valence-corrected chi connectivity index (χ1v) is 9.63. The first-order valence-electron chi connectivity index (χ1n) is 9.63. The lowest BCUT2D eigenvalue weighted by atomic mass is 10.00. The van der Waals surface area contributed by atoms with Crippen LogP contribution in [-0.2, 0) is 0 Å². The lowest BCUT2D eigenvalue weighted by Crippen LogP contribution is -2.39. The third-order valence-electron chi connectivity index (χ3n) is 5.04. The van der Waals surface area contributed by atoms with E-state index in [1.807, 2.05) is 43.0 Å². The van der Waals surface area contributed by atoms with E-state index in [2.05, 4.69) is 11.9 Å². The van der Waals surface area contributed by atoms with Crippen molar-refractivity contribution in [1.82, 2.24) is 9.88 Å². The fourth-order valence-electron chi connectivity index (χ4n) is 3.61. The number of carbonyl (C=O) groups is 2. The van der Waals surface area contributed by atoms with Crippen molar-refractivity contribution < 1.29 is 9.59 Å². The highest BCUT2D eigenvalue weighted by Crippen LogP contribution is 2.20. The summed E-state index contributed by atoms with van der Waals surface area (Å²) in [6.45, 7) is 8.18. The summed E-state index contributed by atoms with van der Waals surface area (Å²) in [5.41, 5.74) is 2.79. The van der Waals surface area contributed by atoms with E-state index in [0.29, 0.717) is 23.7 Å². The van der Waals surface area contributed by atoms with Crippen LogP contribution in [0.5, 0.6) is 0 Å². The van der Waals surface area contributed by atoms with Gasteiger partial charge in [0.25, 0.3) is 11.8 Å². The Kier molecular flexibility index (Phi) is 5.89. The topological polar surface area (TPSA) is 53.5 Å². The van der Waals surface area contributed by atoms with E-state index >= 15 is 0 Å². The van der Waals surface area contributed by atoms with Gasteiger partial charge in [0.1, 0.15) is 5.69 Å². The van der Waals surface area contributed by atoms with Gasteiger partial charge in [0.15, 0.2) is 0 Å². The minimum Gasteiger partial charge on any atom is -0.337 e. The monoisotopic (exact) mass is 365 g/mol. The van der Waals surface area contributed by atoms with Gasteiger partial charge >= 0.3 is 0 Å². The molecule has 0 radical (unpaired) electrons. The van der Waals surface area contributed by atoms with Crippen molar-refractivity contribution in [1.29, 1.82) is 0 Å². The summed E-state index contributed by atoms with van der Waals surface area (Å²) in [7, 11) is 0. The van der Waals surface area contributed by atoms with Crippen molar-refractivity contribution >= 4 is 17.5 Å². The van der Waals surface area contributed by atoms with E-state index < -0.39 is 0 Å². The highest BCUT2D eigenvalue weighted by atomic mass is 16.2. The zero-order valence-corrected chi connectivity index (χ0v) is 16.3. The van der Waals surface area contributed by atoms with Crippen molar-refractivity contribution in [3.63, 3.8) is 0 Å². The van der Waals surface area contributed by atoms with Crippen molar-refractivity contribution in [2.24, 2.45) is 5.92 Å². The van der Waals surface area contributed by atoms with Crippen molar-refractivity contribution in [2.75, 3.05) is 24.5 Å². The van der Waals surface area contributed by atoms with Crippen LogP contribution in [0.4, 0.5) is 5.69 Å². The van der Waals surface area contributed by atoms with E-state index in [4.69, 9.17) is 0 Å². The molecule has 1 aromatic heterocycles. The average molecular weight is 365 g/mol. The number of aryl methyl sites for hydroxylation is 1. The van der Waals surface area contributed by atoms with Crippen LogP contribution in [0.3, 0.4) is 0 Å². The van der Waals surface area contributed by atoms with Crippen LogP contribution in [0.2, 0.25) is 0 Å². The van der Waals surface area contributed by atoms with E-state index in [-0.39, 0.29) is 11.8 Å². The molecule has 3 rings (SSSR count). The minimum absolute atomic E-state index is 0.0881. The van der Waals surface area contributed by atoms with Crippen LogP contribution in [-0.4, -0.2) is 41.3 Å². The number of aromatic nitrogens is 1. The highest BCUT2D eigenvalue weighted by Gasteiger charge is 2.24. The molecule has 2 heterocycles. The maximum atomic E-state index is 13.1. The van der Waals surface area contributed by atoms with Gasteiger partial charge in [0.2, 0.25) is 0 Å². The summed E-state index contributed by atoms with van der Waals surface area (Å²) in [6, 6.07) is 11.2. The van der Waals surface area contributed by atoms with Crippen LogP contribution in [0, 0.1) is 12.8 Å². The second-order valence-electron chi connectivity index (χ2n) is 7.32. The predicted octanol–water partition coefficient (Wildman–Crippen LogP) is 3.93. The molecule has 0 saturated carbocycles. The van der Waals surface area contributed by atoms with Crippen LogP contribution >= 0.6 is 0 Å². The van der Waals surface area contributed by atoms with E-state index in [1.54, 1.807) is 23.2 Å². The Morgan fingerprint density at radius 3 is 2.78 bits per heavy atom. The molecule has 0 aliphatic carbocycles. The van der Waals surface area contributed by atoms with Crippen LogP contribution < -0.4 is 4.90 Å². The number of piperidine rings is 1. The molecule has 1 unspecified atom stereocenters. The Hall–Kier alpha value is -2.69. The van der Waals surface area contributed by atoms with Gasteiger partial charge in [-0.05, 0) is 62.4 Å². The molecular formula is C22H27N3O2. The van der Waals surface area contributed by atoms with Gasteiger partial charge in [-0.1, -0.05) is 19.1 Å². The largest absolute Gasteiger partial charge is 0.337 e. The number of anilines is 1. The van der Waals surface area contributed by atoms with Gasteiger partial charge in [-0.25, -0.2) is 0 Å². The molecule has 1 fully saturated rings. The number of pyridine rings is 1. The maximum absolute atomic E-state index is 13.1. The van der Waals surface area contributed by atoms with E-state index in [1.165, 1.54) is 0 Å². The second-order valence-corrected chi connectivity index (χ2v) is 7.32. The third kappa shape index (κ3) is 4.35. The summed E-state index contributed by atoms with van der Waals surface area (Å²) in [5.74, 6) is 0.297. The Morgan fingerprint density at radius 2 is 2.07 bits per heavy atom. The van der Waals surface area contributed by atoms with Crippen LogP contribution in [0.15, 0.2) is 42.6 Å². The summed E-state index contributed by atoms with van der Waals surface area (Å²) in [6.07, 6.45) is 3.72. The molecule has 1 aliphatic rings. The number of hydrogen-bond acceptors (Lipinski definition) is 3. The molecule has 2 amide bonds. The van der Waals surface area contributed by atoms with Crippen LogP contribution in [0.25, 0.3) is 0 Å². The fourth-order valence-corrected chi connectivity index (χ4v) is 3.61. The summed E-state index contributed by atoms with van der Waals surface area (Å²) in [5, 5.41) is 0. The molecule has 0 spiro atoms. The standard InChI is InChI=1S/C22H27N3O2/c1-4-25(19-9-5-7-16(2)13-19)21(26)18-10-11-23-20(14-18)22(27)24-12-6-8-17(3)15-24/h5,7,9-11,13-14,17H,4,6,8,12,15H2,1-3H3.